The van der Waals surface area contributed by atoms with Gasteiger partial charge in [-0.25, -0.2) is 0 Å². The average Bonchev–Trinajstić information content (AvgIpc) is 2.16. The van der Waals surface area contributed by atoms with Crippen molar-refractivity contribution in [3.8, 4) is 0 Å². The topological polar surface area (TPSA) is 24.7 Å². The quantitative estimate of drug-likeness (QED) is 0.678. The van der Waals surface area contributed by atoms with Gasteiger partial charge in [-0.1, -0.05) is 18.2 Å². The van der Waals surface area contributed by atoms with Gasteiger partial charge < -0.3 is 0 Å². The fourth-order valence-corrected chi connectivity index (χ4v) is 1.30. The Bertz CT molecular complexity index is 384. The molecule has 1 aliphatic rings. The van der Waals surface area contributed by atoms with Gasteiger partial charge in [0.25, 0.3) is 0 Å². The number of allylic oxidation sites excluding steroid dienone is 6. The minimum absolute atomic E-state index is 0.778. The van der Waals surface area contributed by atoms with Crippen LogP contribution in [0.4, 0.5) is 0 Å². The van der Waals surface area contributed by atoms with Gasteiger partial charge in [-0.15, -0.1) is 0 Å². The van der Waals surface area contributed by atoms with Gasteiger partial charge in [-0.3, -0.25) is 4.99 Å². The lowest BCUT2D eigenvalue weighted by Crippen LogP contribution is -2.02. The van der Waals surface area contributed by atoms with E-state index in [1.54, 1.807) is 7.05 Å². The van der Waals surface area contributed by atoms with Gasteiger partial charge in [0.15, 0.2) is 0 Å². The van der Waals surface area contributed by atoms with Crippen molar-refractivity contribution in [3.63, 3.8) is 0 Å². The Kier molecular flexibility index (Phi) is 3.65. The van der Waals surface area contributed by atoms with Crippen LogP contribution < -0.4 is 0 Å². The van der Waals surface area contributed by atoms with Crippen molar-refractivity contribution >= 4 is 18.1 Å². The van der Waals surface area contributed by atoms with Crippen LogP contribution in [0.5, 0.6) is 0 Å². The first kappa shape index (κ1) is 10.7. The van der Waals surface area contributed by atoms with E-state index < -0.39 is 0 Å². The molecule has 0 aromatic rings. The van der Waals surface area contributed by atoms with E-state index in [9.17, 15) is 0 Å². The highest BCUT2D eigenvalue weighted by molar-refractivity contribution is 7.47. The third kappa shape index (κ3) is 2.57. The smallest absolute Gasteiger partial charge is 0.0776 e. The van der Waals surface area contributed by atoms with Crippen LogP contribution in [0.25, 0.3) is 0 Å². The number of aliphatic imine (C=N–C) groups is 1. The molecule has 0 saturated heterocycles. The monoisotopic (exact) mass is 204 g/mol. The van der Waals surface area contributed by atoms with Crippen LogP contribution in [-0.2, 0) is 12.4 Å². The minimum Gasteiger partial charge on any atom is -0.288 e. The Morgan fingerprint density at radius 1 is 1.50 bits per heavy atom. The molecular formula is C11H12N2S. The van der Waals surface area contributed by atoms with Crippen LogP contribution in [0.2, 0.25) is 0 Å². The molecule has 0 amide bonds. The molecule has 72 valence electrons. The summed E-state index contributed by atoms with van der Waals surface area (Å²) in [5, 5.41) is 0. The highest BCUT2D eigenvalue weighted by Gasteiger charge is 2.06. The van der Waals surface area contributed by atoms with Crippen LogP contribution in [-0.4, -0.2) is 12.8 Å². The molecule has 0 spiro atoms. The summed E-state index contributed by atoms with van der Waals surface area (Å²) in [4.78, 5) is 4.15. The maximum atomic E-state index is 4.63. The molecule has 0 aliphatic heterocycles. The second kappa shape index (κ2) is 4.77. The summed E-state index contributed by atoms with van der Waals surface area (Å²) in [6.07, 6.45) is 7.63. The molecule has 0 atom stereocenters. The average molecular weight is 204 g/mol. The summed E-state index contributed by atoms with van der Waals surface area (Å²) in [5.74, 6) is 0. The number of rotatable bonds is 2. The predicted octanol–water partition coefficient (Wildman–Crippen LogP) is 2.74. The first-order valence-electron chi connectivity index (χ1n) is 4.25. The summed E-state index contributed by atoms with van der Waals surface area (Å²) in [6, 6.07) is 0. The SMILES string of the molecule is C=C(C)C=C1C=C(N=S)C=CC1=NC. The molecule has 0 radical (unpaired) electrons. The van der Waals surface area contributed by atoms with Crippen molar-refractivity contribution < 1.29 is 0 Å². The van der Waals surface area contributed by atoms with Crippen LogP contribution >= 0.6 is 0 Å². The third-order valence-corrected chi connectivity index (χ3v) is 1.97. The molecule has 0 aromatic heterocycles. The molecule has 0 saturated carbocycles. The van der Waals surface area contributed by atoms with Gasteiger partial charge in [-0.2, -0.15) is 4.36 Å². The zero-order chi connectivity index (χ0) is 10.6. The lowest BCUT2D eigenvalue weighted by Gasteiger charge is -2.07. The summed E-state index contributed by atoms with van der Waals surface area (Å²) in [6.45, 7) is 5.77. The van der Waals surface area contributed by atoms with E-state index in [4.69, 9.17) is 0 Å². The first-order valence-corrected chi connectivity index (χ1v) is 4.61. The molecular weight excluding hydrogens is 192 g/mol. The van der Waals surface area contributed by atoms with Crippen molar-refractivity contribution in [1.29, 1.82) is 0 Å². The molecule has 0 aromatic carbocycles. The molecule has 2 nitrogen and oxygen atoms in total. The Hall–Kier alpha value is -1.35. The maximum Gasteiger partial charge on any atom is 0.0776 e. The number of hydrogen-bond acceptors (Lipinski definition) is 3. The van der Waals surface area contributed by atoms with Gasteiger partial charge in [0.05, 0.1) is 11.4 Å². The first-order chi connectivity index (χ1) is 6.67. The van der Waals surface area contributed by atoms with Gasteiger partial charge in [0, 0.05) is 25.0 Å². The van der Waals surface area contributed by atoms with E-state index in [2.05, 4.69) is 28.4 Å². The van der Waals surface area contributed by atoms with E-state index in [-0.39, 0.29) is 0 Å². The van der Waals surface area contributed by atoms with Crippen molar-refractivity contribution in [2.75, 3.05) is 7.05 Å². The molecule has 3 heteroatoms. The van der Waals surface area contributed by atoms with E-state index in [0.29, 0.717) is 0 Å². The maximum absolute atomic E-state index is 4.63. The standard InChI is InChI=1S/C11H12N2S/c1-8(2)6-9-7-10(13-14)4-5-11(9)12-3/h4-7H,1H2,2-3H3. The third-order valence-electron chi connectivity index (χ3n) is 1.76. The van der Waals surface area contributed by atoms with Gasteiger partial charge in [0.1, 0.15) is 0 Å². The predicted molar refractivity (Wildman–Crippen MR) is 63.3 cm³/mol. The highest BCUT2D eigenvalue weighted by Crippen LogP contribution is 2.16. The van der Waals surface area contributed by atoms with Crippen molar-refractivity contribution in [2.45, 2.75) is 6.92 Å². The second-order valence-corrected chi connectivity index (χ2v) is 3.23. The molecule has 1 aliphatic carbocycles. The molecule has 0 fully saturated rings. The molecule has 0 heterocycles. The Morgan fingerprint density at radius 2 is 2.21 bits per heavy atom. The Morgan fingerprint density at radius 3 is 2.71 bits per heavy atom. The number of hydrogen-bond donors (Lipinski definition) is 0. The fraction of sp³-hybridized carbons (Fsp3) is 0.182. The van der Waals surface area contributed by atoms with Gasteiger partial charge in [0.2, 0.25) is 0 Å². The lowest BCUT2D eigenvalue weighted by molar-refractivity contribution is 1.38. The number of nitrogens with zero attached hydrogens (tertiary/aromatic N) is 2. The zero-order valence-electron chi connectivity index (χ0n) is 8.32. The zero-order valence-corrected chi connectivity index (χ0v) is 9.14. The van der Waals surface area contributed by atoms with E-state index in [0.717, 1.165) is 22.6 Å². The Balaban J connectivity index is 3.13. The molecule has 0 bridgehead atoms. The summed E-state index contributed by atoms with van der Waals surface area (Å²) in [7, 11) is 1.76. The summed E-state index contributed by atoms with van der Waals surface area (Å²) < 4.78 is 3.71. The molecule has 1 rings (SSSR count). The lowest BCUT2D eigenvalue weighted by atomic mass is 10.0. The fourth-order valence-electron chi connectivity index (χ4n) is 1.18. The highest BCUT2D eigenvalue weighted by atomic mass is 32.1. The van der Waals surface area contributed by atoms with Crippen molar-refractivity contribution in [2.24, 2.45) is 9.36 Å². The van der Waals surface area contributed by atoms with Gasteiger partial charge >= 0.3 is 0 Å². The van der Waals surface area contributed by atoms with Crippen LogP contribution in [0.15, 0.2) is 57.1 Å². The van der Waals surface area contributed by atoms with Crippen LogP contribution in [0, 0.1) is 0 Å². The molecule has 0 unspecified atom stereocenters. The van der Waals surface area contributed by atoms with Crippen molar-refractivity contribution in [3.05, 3.63) is 47.7 Å². The van der Waals surface area contributed by atoms with E-state index in [1.165, 1.54) is 0 Å². The van der Waals surface area contributed by atoms with Gasteiger partial charge in [-0.05, 0) is 25.2 Å². The van der Waals surface area contributed by atoms with Crippen LogP contribution in [0.1, 0.15) is 6.92 Å². The normalized spacial score (nSPS) is 21.1. The second-order valence-electron chi connectivity index (χ2n) is 3.05. The van der Waals surface area contributed by atoms with Crippen molar-refractivity contribution in [1.82, 2.24) is 0 Å². The van der Waals surface area contributed by atoms with E-state index in [1.807, 2.05) is 31.2 Å². The summed E-state index contributed by atoms with van der Waals surface area (Å²) in [5.41, 5.74) is 3.69. The molecule has 14 heavy (non-hydrogen) atoms. The summed E-state index contributed by atoms with van der Waals surface area (Å²) >= 11 is 4.63. The van der Waals surface area contributed by atoms with E-state index >= 15 is 0 Å². The molecule has 0 N–H and O–H groups in total. The van der Waals surface area contributed by atoms with Crippen LogP contribution in [0.3, 0.4) is 0 Å². The Labute approximate surface area is 89.6 Å². The minimum atomic E-state index is 0.778. The largest absolute Gasteiger partial charge is 0.288 e.